The van der Waals surface area contributed by atoms with Gasteiger partial charge < -0.3 is 9.51 Å². The van der Waals surface area contributed by atoms with Gasteiger partial charge in [0, 0.05) is 23.0 Å². The minimum Gasteiger partial charge on any atom is -0.389 e. The van der Waals surface area contributed by atoms with E-state index in [1.807, 2.05) is 77.5 Å². The third kappa shape index (κ3) is 3.04. The van der Waals surface area contributed by atoms with Crippen molar-refractivity contribution >= 4 is 17.2 Å². The summed E-state index contributed by atoms with van der Waals surface area (Å²) in [7, 11) is 0. The average Bonchev–Trinajstić information content (AvgIpc) is 3.05. The molecule has 0 bridgehead atoms. The lowest BCUT2D eigenvalue weighted by molar-refractivity contribution is 0.200. The first-order valence-electron chi connectivity index (χ1n) is 8.14. The second-order valence-corrected chi connectivity index (χ2v) is 6.52. The Labute approximate surface area is 151 Å². The molecule has 4 rings (SSSR count). The van der Waals surface area contributed by atoms with Crippen LogP contribution in [0.2, 0.25) is 5.02 Å². The monoisotopic (exact) mass is 348 g/mol. The second-order valence-electron chi connectivity index (χ2n) is 6.08. The van der Waals surface area contributed by atoms with Gasteiger partial charge in [-0.3, -0.25) is 0 Å². The smallest absolute Gasteiger partial charge is 0.137 e. The number of benzene rings is 2. The van der Waals surface area contributed by atoms with Crippen molar-refractivity contribution in [1.29, 1.82) is 0 Å². The Morgan fingerprint density at radius 3 is 2.40 bits per heavy atom. The van der Waals surface area contributed by atoms with Crippen LogP contribution in [0.15, 0.2) is 73.1 Å². The summed E-state index contributed by atoms with van der Waals surface area (Å²) in [4.78, 5) is 4.68. The predicted molar refractivity (Wildman–Crippen MR) is 102 cm³/mol. The number of aliphatic hydroxyl groups excluding tert-OH is 1. The molecule has 0 saturated heterocycles. The summed E-state index contributed by atoms with van der Waals surface area (Å²) in [5.41, 5.74) is 5.80. The Morgan fingerprint density at radius 1 is 0.920 bits per heavy atom. The van der Waals surface area contributed by atoms with Crippen molar-refractivity contribution in [3.8, 4) is 22.4 Å². The van der Waals surface area contributed by atoms with Crippen LogP contribution in [0.25, 0.3) is 28.0 Å². The molecule has 3 nitrogen and oxygen atoms in total. The highest BCUT2D eigenvalue weighted by atomic mass is 35.5. The Bertz CT molecular complexity index is 1040. The molecule has 0 aliphatic rings. The Hall–Kier alpha value is -2.62. The summed E-state index contributed by atoms with van der Waals surface area (Å²) in [5, 5.41) is 10.7. The molecule has 1 N–H and O–H groups in total. The molecule has 4 aromatic rings. The lowest BCUT2D eigenvalue weighted by Gasteiger charge is -2.12. The normalized spacial score (nSPS) is 12.4. The topological polar surface area (TPSA) is 37.5 Å². The number of imidazole rings is 1. The van der Waals surface area contributed by atoms with Crippen LogP contribution in [0.1, 0.15) is 18.6 Å². The molecule has 0 spiro atoms. The van der Waals surface area contributed by atoms with E-state index >= 15 is 0 Å². The van der Waals surface area contributed by atoms with Crippen molar-refractivity contribution in [2.24, 2.45) is 0 Å². The first kappa shape index (κ1) is 15.9. The molecule has 2 aromatic heterocycles. The lowest BCUT2D eigenvalue weighted by atomic mass is 9.98. The minimum absolute atomic E-state index is 0.515. The highest BCUT2D eigenvalue weighted by molar-refractivity contribution is 6.30. The Balaban J connectivity index is 1.80. The minimum atomic E-state index is -0.515. The third-order valence-electron chi connectivity index (χ3n) is 4.31. The number of aromatic nitrogens is 2. The van der Waals surface area contributed by atoms with E-state index in [-0.39, 0.29) is 0 Å². The zero-order valence-corrected chi connectivity index (χ0v) is 14.5. The van der Waals surface area contributed by atoms with Gasteiger partial charge in [-0.1, -0.05) is 48.0 Å². The van der Waals surface area contributed by atoms with E-state index in [2.05, 4.69) is 4.98 Å². The molecule has 4 heteroatoms. The van der Waals surface area contributed by atoms with Gasteiger partial charge in [0.15, 0.2) is 0 Å². The number of hydrogen-bond donors (Lipinski definition) is 1. The van der Waals surface area contributed by atoms with Crippen molar-refractivity contribution in [3.63, 3.8) is 0 Å². The molecule has 0 saturated carbocycles. The summed E-state index contributed by atoms with van der Waals surface area (Å²) in [5.74, 6) is 0. The number of fused-ring (bicyclic) bond motifs is 1. The molecule has 1 unspecified atom stereocenters. The predicted octanol–water partition coefficient (Wildman–Crippen LogP) is 5.38. The fourth-order valence-corrected chi connectivity index (χ4v) is 3.16. The van der Waals surface area contributed by atoms with Gasteiger partial charge in [-0.15, -0.1) is 0 Å². The summed E-state index contributed by atoms with van der Waals surface area (Å²) in [6.45, 7) is 1.78. The molecule has 25 heavy (non-hydrogen) atoms. The molecule has 0 aliphatic heterocycles. The largest absolute Gasteiger partial charge is 0.389 e. The number of aliphatic hydroxyl groups is 1. The first-order valence-corrected chi connectivity index (χ1v) is 8.52. The zero-order valence-electron chi connectivity index (χ0n) is 13.7. The second kappa shape index (κ2) is 6.36. The van der Waals surface area contributed by atoms with Crippen LogP contribution >= 0.6 is 11.6 Å². The van der Waals surface area contributed by atoms with Crippen LogP contribution in [0.3, 0.4) is 0 Å². The van der Waals surface area contributed by atoms with Crippen molar-refractivity contribution in [2.45, 2.75) is 13.0 Å². The Kier molecular flexibility index (Phi) is 4.04. The number of pyridine rings is 1. The molecular formula is C21H17ClN2O. The fourth-order valence-electron chi connectivity index (χ4n) is 3.04. The SMILES string of the molecule is CC(O)c1ccccc1-c1ccc2nc(-c3ccc(Cl)cc3)cn2c1. The lowest BCUT2D eigenvalue weighted by Crippen LogP contribution is -1.95. The maximum Gasteiger partial charge on any atom is 0.137 e. The van der Waals surface area contributed by atoms with Crippen molar-refractivity contribution in [3.05, 3.63) is 83.6 Å². The third-order valence-corrected chi connectivity index (χ3v) is 4.56. The highest BCUT2D eigenvalue weighted by Crippen LogP contribution is 2.29. The van der Waals surface area contributed by atoms with Crippen LogP contribution in [0.4, 0.5) is 0 Å². The van der Waals surface area contributed by atoms with Crippen LogP contribution in [-0.4, -0.2) is 14.5 Å². The van der Waals surface area contributed by atoms with E-state index in [4.69, 9.17) is 11.6 Å². The molecule has 124 valence electrons. The summed E-state index contributed by atoms with van der Waals surface area (Å²) >= 11 is 5.96. The Morgan fingerprint density at radius 2 is 1.64 bits per heavy atom. The van der Waals surface area contributed by atoms with Gasteiger partial charge in [0.05, 0.1) is 11.8 Å². The van der Waals surface area contributed by atoms with Crippen LogP contribution in [0, 0.1) is 0 Å². The molecule has 0 radical (unpaired) electrons. The highest BCUT2D eigenvalue weighted by Gasteiger charge is 2.11. The molecule has 0 aliphatic carbocycles. The summed E-state index contributed by atoms with van der Waals surface area (Å²) in [6, 6.07) is 19.6. The van der Waals surface area contributed by atoms with E-state index in [1.54, 1.807) is 6.92 Å². The van der Waals surface area contributed by atoms with Gasteiger partial charge in [-0.05, 0) is 47.9 Å². The van der Waals surface area contributed by atoms with E-state index in [1.165, 1.54) is 0 Å². The molecule has 0 fully saturated rings. The van der Waals surface area contributed by atoms with Gasteiger partial charge in [0.2, 0.25) is 0 Å². The number of hydrogen-bond acceptors (Lipinski definition) is 2. The molecule has 1 atom stereocenters. The van der Waals surface area contributed by atoms with Crippen LogP contribution < -0.4 is 0 Å². The van der Waals surface area contributed by atoms with Crippen molar-refractivity contribution in [1.82, 2.24) is 9.38 Å². The van der Waals surface area contributed by atoms with Crippen LogP contribution in [0.5, 0.6) is 0 Å². The van der Waals surface area contributed by atoms with Crippen molar-refractivity contribution < 1.29 is 5.11 Å². The van der Waals surface area contributed by atoms with E-state index in [9.17, 15) is 5.11 Å². The van der Waals surface area contributed by atoms with Crippen molar-refractivity contribution in [2.75, 3.05) is 0 Å². The quantitative estimate of drug-likeness (QED) is 0.540. The van der Waals surface area contributed by atoms with Gasteiger partial charge in [-0.25, -0.2) is 4.98 Å². The van der Waals surface area contributed by atoms with E-state index in [0.29, 0.717) is 5.02 Å². The van der Waals surface area contributed by atoms with Crippen LogP contribution in [-0.2, 0) is 0 Å². The molecule has 0 amide bonds. The van der Waals surface area contributed by atoms with Gasteiger partial charge in [-0.2, -0.15) is 0 Å². The van der Waals surface area contributed by atoms with Gasteiger partial charge in [0.1, 0.15) is 5.65 Å². The fraction of sp³-hybridized carbons (Fsp3) is 0.0952. The number of halogens is 1. The van der Waals surface area contributed by atoms with E-state index < -0.39 is 6.10 Å². The number of rotatable bonds is 3. The maximum atomic E-state index is 10.0. The average molecular weight is 349 g/mol. The summed E-state index contributed by atoms with van der Waals surface area (Å²) < 4.78 is 2.01. The molecule has 2 heterocycles. The molecular weight excluding hydrogens is 332 g/mol. The first-order chi connectivity index (χ1) is 12.1. The molecule has 2 aromatic carbocycles. The number of nitrogens with zero attached hydrogens (tertiary/aromatic N) is 2. The van der Waals surface area contributed by atoms with E-state index in [0.717, 1.165) is 33.6 Å². The standard InChI is InChI=1S/C21H17ClN2O/c1-14(25)18-4-2-3-5-19(18)16-8-11-21-23-20(13-24(21)12-16)15-6-9-17(22)10-7-15/h2-14,25H,1H3. The van der Waals surface area contributed by atoms with Gasteiger partial charge in [0.25, 0.3) is 0 Å². The summed E-state index contributed by atoms with van der Waals surface area (Å²) in [6.07, 6.45) is 3.54. The maximum absolute atomic E-state index is 10.0. The zero-order chi connectivity index (χ0) is 17.4. The van der Waals surface area contributed by atoms with Gasteiger partial charge >= 0.3 is 0 Å².